The number of piperidine rings is 1. The van der Waals surface area contributed by atoms with Crippen LogP contribution in [0.4, 0.5) is 10.1 Å². The molecule has 0 aliphatic carbocycles. The summed E-state index contributed by atoms with van der Waals surface area (Å²) >= 11 is 0. The number of amides is 1. The summed E-state index contributed by atoms with van der Waals surface area (Å²) in [4.78, 5) is 16.4. The van der Waals surface area contributed by atoms with Crippen molar-refractivity contribution in [3.05, 3.63) is 29.6 Å². The second kappa shape index (κ2) is 7.27. The van der Waals surface area contributed by atoms with Crippen LogP contribution in [0.5, 0.6) is 0 Å². The molecule has 1 aromatic carbocycles. The van der Waals surface area contributed by atoms with Gasteiger partial charge in [0, 0.05) is 37.8 Å². The first kappa shape index (κ1) is 16.2. The molecule has 6 heteroatoms. The van der Waals surface area contributed by atoms with Gasteiger partial charge in [0.25, 0.3) is 5.91 Å². The average molecular weight is 321 g/mol. The number of halogens is 1. The molecule has 2 aliphatic rings. The second-order valence-corrected chi connectivity index (χ2v) is 6.15. The van der Waals surface area contributed by atoms with Crippen LogP contribution in [0.15, 0.2) is 18.2 Å². The maximum absolute atomic E-state index is 14.5. The fourth-order valence-corrected chi connectivity index (χ4v) is 3.38. The molecule has 1 unspecified atom stereocenters. The molecule has 0 spiro atoms. The van der Waals surface area contributed by atoms with Crippen molar-refractivity contribution >= 4 is 11.6 Å². The Hall–Kier alpha value is -1.66. The van der Waals surface area contributed by atoms with Crippen molar-refractivity contribution in [1.29, 1.82) is 0 Å². The molecule has 2 fully saturated rings. The summed E-state index contributed by atoms with van der Waals surface area (Å²) in [5.41, 5.74) is 6.72. The number of likely N-dealkylation sites (tertiary alicyclic amines) is 1. The monoisotopic (exact) mass is 321 g/mol. The first-order chi connectivity index (χ1) is 11.2. The molecule has 2 heterocycles. The lowest BCUT2D eigenvalue weighted by atomic mass is 10.0. The number of ether oxygens (including phenoxy) is 1. The predicted molar refractivity (Wildman–Crippen MR) is 87.2 cm³/mol. The molecular weight excluding hydrogens is 297 g/mol. The molecule has 1 aromatic rings. The third kappa shape index (κ3) is 3.48. The summed E-state index contributed by atoms with van der Waals surface area (Å²) in [6, 6.07) is 4.85. The van der Waals surface area contributed by atoms with E-state index in [0.717, 1.165) is 19.3 Å². The van der Waals surface area contributed by atoms with Gasteiger partial charge in [-0.2, -0.15) is 0 Å². The molecule has 0 bridgehead atoms. The molecule has 0 radical (unpaired) electrons. The lowest BCUT2D eigenvalue weighted by Crippen LogP contribution is -2.47. The Labute approximate surface area is 136 Å². The van der Waals surface area contributed by atoms with E-state index in [1.165, 1.54) is 6.07 Å². The number of carbonyl (C=O) groups is 1. The van der Waals surface area contributed by atoms with Crippen molar-refractivity contribution in [2.24, 2.45) is 5.73 Å². The molecule has 5 nitrogen and oxygen atoms in total. The van der Waals surface area contributed by atoms with Gasteiger partial charge in [-0.05, 0) is 37.5 Å². The number of anilines is 1. The Morgan fingerprint density at radius 2 is 2.04 bits per heavy atom. The quantitative estimate of drug-likeness (QED) is 0.919. The summed E-state index contributed by atoms with van der Waals surface area (Å²) < 4.78 is 19.8. The van der Waals surface area contributed by atoms with Crippen LogP contribution in [0.25, 0.3) is 0 Å². The van der Waals surface area contributed by atoms with Gasteiger partial charge in [-0.25, -0.2) is 4.39 Å². The number of carbonyl (C=O) groups excluding carboxylic acids is 1. The van der Waals surface area contributed by atoms with Gasteiger partial charge in [0.05, 0.1) is 18.9 Å². The minimum Gasteiger partial charge on any atom is -0.378 e. The third-order valence-corrected chi connectivity index (χ3v) is 4.71. The molecule has 0 aromatic heterocycles. The first-order valence-electron chi connectivity index (χ1n) is 8.34. The van der Waals surface area contributed by atoms with E-state index in [1.54, 1.807) is 17.0 Å². The van der Waals surface area contributed by atoms with Crippen LogP contribution < -0.4 is 10.6 Å². The molecule has 1 atom stereocenters. The van der Waals surface area contributed by atoms with Crippen LogP contribution in [0, 0.1) is 5.82 Å². The summed E-state index contributed by atoms with van der Waals surface area (Å²) in [7, 11) is 0. The maximum Gasteiger partial charge on any atom is 0.254 e. The van der Waals surface area contributed by atoms with Crippen molar-refractivity contribution < 1.29 is 13.9 Å². The fraction of sp³-hybridized carbons (Fsp3) is 0.588. The van der Waals surface area contributed by atoms with E-state index in [9.17, 15) is 9.18 Å². The van der Waals surface area contributed by atoms with E-state index in [1.807, 2.05) is 4.90 Å². The van der Waals surface area contributed by atoms with E-state index >= 15 is 0 Å². The summed E-state index contributed by atoms with van der Waals surface area (Å²) in [5, 5.41) is 0. The van der Waals surface area contributed by atoms with Gasteiger partial charge in [0.2, 0.25) is 0 Å². The molecule has 2 saturated heterocycles. The van der Waals surface area contributed by atoms with Crippen LogP contribution in [-0.4, -0.2) is 56.2 Å². The largest absolute Gasteiger partial charge is 0.378 e. The van der Waals surface area contributed by atoms with Crippen LogP contribution in [0.3, 0.4) is 0 Å². The number of benzene rings is 1. The number of nitrogens with two attached hydrogens (primary N) is 1. The van der Waals surface area contributed by atoms with Crippen molar-refractivity contribution in [2.45, 2.75) is 25.3 Å². The smallest absolute Gasteiger partial charge is 0.254 e. The predicted octanol–water partition coefficient (Wildman–Crippen LogP) is 1.62. The van der Waals surface area contributed by atoms with E-state index in [2.05, 4.69) is 0 Å². The Balaban J connectivity index is 1.77. The summed E-state index contributed by atoms with van der Waals surface area (Å²) in [5.74, 6) is -0.466. The number of hydrogen-bond acceptors (Lipinski definition) is 4. The van der Waals surface area contributed by atoms with Crippen molar-refractivity contribution in [3.63, 3.8) is 0 Å². The molecule has 2 aliphatic heterocycles. The molecule has 126 valence electrons. The van der Waals surface area contributed by atoms with Gasteiger partial charge >= 0.3 is 0 Å². The van der Waals surface area contributed by atoms with Crippen LogP contribution in [-0.2, 0) is 4.74 Å². The third-order valence-electron chi connectivity index (χ3n) is 4.71. The van der Waals surface area contributed by atoms with Crippen molar-refractivity contribution in [3.8, 4) is 0 Å². The summed E-state index contributed by atoms with van der Waals surface area (Å²) in [6.07, 6.45) is 3.00. The van der Waals surface area contributed by atoms with Crippen LogP contribution >= 0.6 is 0 Å². The van der Waals surface area contributed by atoms with Gasteiger partial charge in [0.1, 0.15) is 5.82 Å². The number of rotatable bonds is 3. The normalized spacial score (nSPS) is 22.3. The highest BCUT2D eigenvalue weighted by Crippen LogP contribution is 2.24. The van der Waals surface area contributed by atoms with E-state index < -0.39 is 0 Å². The van der Waals surface area contributed by atoms with Crippen molar-refractivity contribution in [2.75, 3.05) is 44.3 Å². The zero-order chi connectivity index (χ0) is 16.2. The van der Waals surface area contributed by atoms with Gasteiger partial charge in [-0.15, -0.1) is 0 Å². The lowest BCUT2D eigenvalue weighted by Gasteiger charge is -2.35. The Morgan fingerprint density at radius 3 is 2.74 bits per heavy atom. The zero-order valence-electron chi connectivity index (χ0n) is 13.3. The Morgan fingerprint density at radius 1 is 1.26 bits per heavy atom. The number of hydrogen-bond donors (Lipinski definition) is 1. The number of morpholine rings is 1. The second-order valence-electron chi connectivity index (χ2n) is 6.15. The van der Waals surface area contributed by atoms with Gasteiger partial charge in [0.15, 0.2) is 0 Å². The molecular formula is C17H24FN3O2. The standard InChI is InChI=1S/C17H24FN3O2/c18-15-11-13(4-5-16(15)20-7-9-23-10-8-20)17(22)21-6-2-1-3-14(21)12-19/h4-5,11,14H,1-3,6-10,12,19H2. The highest BCUT2D eigenvalue weighted by atomic mass is 19.1. The summed E-state index contributed by atoms with van der Waals surface area (Å²) in [6.45, 7) is 3.71. The topological polar surface area (TPSA) is 58.8 Å². The fourth-order valence-electron chi connectivity index (χ4n) is 3.38. The van der Waals surface area contributed by atoms with Gasteiger partial charge < -0.3 is 20.3 Å². The highest BCUT2D eigenvalue weighted by Gasteiger charge is 2.27. The molecule has 0 saturated carbocycles. The first-order valence-corrected chi connectivity index (χ1v) is 8.34. The highest BCUT2D eigenvalue weighted by molar-refractivity contribution is 5.95. The van der Waals surface area contributed by atoms with Gasteiger partial charge in [-0.3, -0.25) is 4.79 Å². The lowest BCUT2D eigenvalue weighted by molar-refractivity contribution is 0.0623. The Bertz CT molecular complexity index is 561. The van der Waals surface area contributed by atoms with E-state index in [4.69, 9.17) is 10.5 Å². The SMILES string of the molecule is NCC1CCCCN1C(=O)c1ccc(N2CCOCC2)c(F)c1. The number of nitrogens with zero attached hydrogens (tertiary/aromatic N) is 2. The zero-order valence-corrected chi connectivity index (χ0v) is 13.3. The van der Waals surface area contributed by atoms with Crippen molar-refractivity contribution in [1.82, 2.24) is 4.90 Å². The maximum atomic E-state index is 14.5. The van der Waals surface area contributed by atoms with Crippen LogP contribution in [0.2, 0.25) is 0 Å². The Kier molecular flexibility index (Phi) is 5.13. The molecule has 23 heavy (non-hydrogen) atoms. The molecule has 1 amide bonds. The average Bonchev–Trinajstić information content (AvgIpc) is 2.61. The minimum atomic E-state index is -0.348. The molecule has 3 rings (SSSR count). The van der Waals surface area contributed by atoms with E-state index in [-0.39, 0.29) is 17.8 Å². The van der Waals surface area contributed by atoms with Gasteiger partial charge in [-0.1, -0.05) is 0 Å². The molecule has 2 N–H and O–H groups in total. The van der Waals surface area contributed by atoms with Crippen LogP contribution in [0.1, 0.15) is 29.6 Å². The van der Waals surface area contributed by atoms with E-state index in [0.29, 0.717) is 50.6 Å². The minimum absolute atomic E-state index is 0.0678.